The van der Waals surface area contributed by atoms with E-state index >= 15 is 0 Å². The Hall–Kier alpha value is -3.02. The van der Waals surface area contributed by atoms with Crippen molar-refractivity contribution in [2.45, 2.75) is 0 Å². The van der Waals surface area contributed by atoms with Crippen LogP contribution >= 0.6 is 0 Å². The van der Waals surface area contributed by atoms with Crippen LogP contribution in [0.5, 0.6) is 0 Å². The van der Waals surface area contributed by atoms with Gasteiger partial charge in [0.2, 0.25) is 0 Å². The van der Waals surface area contributed by atoms with Gasteiger partial charge in [-0.2, -0.15) is 0 Å². The molecular weight excluding hydrogens is 302 g/mol. The Bertz CT molecular complexity index is 854. The molecule has 1 aromatic carbocycles. The van der Waals surface area contributed by atoms with Gasteiger partial charge in [0.25, 0.3) is 5.91 Å². The van der Waals surface area contributed by atoms with Crippen molar-refractivity contribution in [1.82, 2.24) is 19.9 Å². The number of pyridine rings is 1. The summed E-state index contributed by atoms with van der Waals surface area (Å²) in [6.07, 6.45) is 5.06. The predicted octanol–water partition coefficient (Wildman–Crippen LogP) is 1.99. The molecule has 0 aliphatic carbocycles. The van der Waals surface area contributed by atoms with E-state index < -0.39 is 0 Å². The Morgan fingerprint density at radius 1 is 0.833 bits per heavy atom. The largest absolute Gasteiger partial charge is 0.353 e. The molecule has 0 N–H and O–H groups in total. The van der Waals surface area contributed by atoms with Crippen LogP contribution < -0.4 is 4.90 Å². The van der Waals surface area contributed by atoms with Crippen molar-refractivity contribution in [3.8, 4) is 0 Å². The average Bonchev–Trinajstić information content (AvgIpc) is 2.68. The molecule has 0 bridgehead atoms. The first-order valence-corrected chi connectivity index (χ1v) is 7.98. The maximum absolute atomic E-state index is 12.9. The van der Waals surface area contributed by atoms with Gasteiger partial charge in [-0.25, -0.2) is 4.98 Å². The van der Waals surface area contributed by atoms with Crippen LogP contribution in [-0.4, -0.2) is 51.9 Å². The van der Waals surface area contributed by atoms with Crippen LogP contribution in [-0.2, 0) is 0 Å². The van der Waals surface area contributed by atoms with Gasteiger partial charge in [-0.3, -0.25) is 14.8 Å². The van der Waals surface area contributed by atoms with Gasteiger partial charge >= 0.3 is 0 Å². The summed E-state index contributed by atoms with van der Waals surface area (Å²) in [4.78, 5) is 29.9. The molecule has 0 saturated carbocycles. The normalized spacial score (nSPS) is 14.8. The van der Waals surface area contributed by atoms with Crippen LogP contribution in [0.2, 0.25) is 0 Å². The fraction of sp³-hybridized carbons (Fsp3) is 0.222. The molecule has 1 fully saturated rings. The number of rotatable bonds is 2. The molecule has 2 aromatic heterocycles. The first kappa shape index (κ1) is 14.6. The number of hydrogen-bond acceptors (Lipinski definition) is 5. The van der Waals surface area contributed by atoms with Crippen molar-refractivity contribution in [3.05, 3.63) is 60.6 Å². The maximum atomic E-state index is 12.9. The first-order chi connectivity index (χ1) is 11.8. The smallest absolute Gasteiger partial charge is 0.256 e. The van der Waals surface area contributed by atoms with E-state index in [1.54, 1.807) is 18.6 Å². The van der Waals surface area contributed by atoms with Crippen LogP contribution in [0.3, 0.4) is 0 Å². The zero-order valence-electron chi connectivity index (χ0n) is 13.2. The van der Waals surface area contributed by atoms with Crippen LogP contribution in [0.15, 0.2) is 55.0 Å². The fourth-order valence-electron chi connectivity index (χ4n) is 3.02. The van der Waals surface area contributed by atoms with E-state index in [0.29, 0.717) is 24.2 Å². The number of anilines is 1. The molecule has 3 aromatic rings. The molecule has 0 radical (unpaired) electrons. The third-order valence-electron chi connectivity index (χ3n) is 4.27. The number of carbonyl (C=O) groups excluding carboxylic acids is 1. The molecule has 0 atom stereocenters. The van der Waals surface area contributed by atoms with Gasteiger partial charge in [-0.05, 0) is 24.3 Å². The third kappa shape index (κ3) is 2.67. The van der Waals surface area contributed by atoms with Crippen molar-refractivity contribution >= 4 is 22.8 Å². The van der Waals surface area contributed by atoms with Gasteiger partial charge in [0.15, 0.2) is 0 Å². The van der Waals surface area contributed by atoms with Crippen molar-refractivity contribution in [2.24, 2.45) is 0 Å². The molecular formula is C18H17N5O. The molecule has 6 nitrogen and oxygen atoms in total. The summed E-state index contributed by atoms with van der Waals surface area (Å²) in [6.45, 7) is 2.90. The average molecular weight is 319 g/mol. The predicted molar refractivity (Wildman–Crippen MR) is 91.9 cm³/mol. The fourth-order valence-corrected chi connectivity index (χ4v) is 3.02. The minimum absolute atomic E-state index is 0.0155. The standard InChI is InChI=1S/C18H17N5O/c24-18(14-4-3-5-15-17(14)21-9-8-19-15)23-12-10-22(11-13-23)16-6-1-2-7-20-16/h1-9H,10-13H2. The molecule has 1 aliphatic rings. The Morgan fingerprint density at radius 3 is 2.46 bits per heavy atom. The SMILES string of the molecule is O=C(c1cccc2nccnc12)N1CCN(c2ccccn2)CC1. The zero-order valence-corrected chi connectivity index (χ0v) is 13.2. The minimum Gasteiger partial charge on any atom is -0.353 e. The van der Waals surface area contributed by atoms with Gasteiger partial charge in [0.05, 0.1) is 11.1 Å². The van der Waals surface area contributed by atoms with Gasteiger partial charge < -0.3 is 9.80 Å². The van der Waals surface area contributed by atoms with E-state index in [0.717, 1.165) is 24.4 Å². The molecule has 4 rings (SSSR count). The topological polar surface area (TPSA) is 62.2 Å². The highest BCUT2D eigenvalue weighted by molar-refractivity contribution is 6.04. The highest BCUT2D eigenvalue weighted by atomic mass is 16.2. The summed E-state index contributed by atoms with van der Waals surface area (Å²) in [5.74, 6) is 0.974. The second-order valence-corrected chi connectivity index (χ2v) is 5.70. The third-order valence-corrected chi connectivity index (χ3v) is 4.27. The maximum Gasteiger partial charge on any atom is 0.256 e. The molecule has 1 aliphatic heterocycles. The second-order valence-electron chi connectivity index (χ2n) is 5.70. The lowest BCUT2D eigenvalue weighted by atomic mass is 10.1. The van der Waals surface area contributed by atoms with E-state index in [4.69, 9.17) is 0 Å². The summed E-state index contributed by atoms with van der Waals surface area (Å²) in [5.41, 5.74) is 2.03. The number of fused-ring (bicyclic) bond motifs is 1. The van der Waals surface area contributed by atoms with E-state index in [1.165, 1.54) is 0 Å². The van der Waals surface area contributed by atoms with Crippen molar-refractivity contribution < 1.29 is 4.79 Å². The Kier molecular flexibility index (Phi) is 3.78. The van der Waals surface area contributed by atoms with Crippen LogP contribution in [0, 0.1) is 0 Å². The number of amides is 1. The minimum atomic E-state index is 0.0155. The van der Waals surface area contributed by atoms with Crippen LogP contribution in [0.4, 0.5) is 5.82 Å². The lowest BCUT2D eigenvalue weighted by Crippen LogP contribution is -2.49. The summed E-state index contributed by atoms with van der Waals surface area (Å²) in [5, 5.41) is 0. The second kappa shape index (κ2) is 6.23. The molecule has 1 amide bonds. The van der Waals surface area contributed by atoms with Gasteiger partial charge in [0.1, 0.15) is 11.3 Å². The molecule has 6 heteroatoms. The lowest BCUT2D eigenvalue weighted by molar-refractivity contribution is 0.0748. The molecule has 120 valence electrons. The monoisotopic (exact) mass is 319 g/mol. The van der Waals surface area contributed by atoms with Gasteiger partial charge in [0, 0.05) is 44.8 Å². The van der Waals surface area contributed by atoms with E-state index in [2.05, 4.69) is 19.9 Å². The van der Waals surface area contributed by atoms with Crippen LogP contribution in [0.25, 0.3) is 11.0 Å². The molecule has 0 unspecified atom stereocenters. The lowest BCUT2D eigenvalue weighted by Gasteiger charge is -2.35. The summed E-state index contributed by atoms with van der Waals surface area (Å²) in [6, 6.07) is 11.4. The highest BCUT2D eigenvalue weighted by Crippen LogP contribution is 2.18. The number of hydrogen-bond donors (Lipinski definition) is 0. The molecule has 1 saturated heterocycles. The van der Waals surface area contributed by atoms with Crippen molar-refractivity contribution in [3.63, 3.8) is 0 Å². The summed E-state index contributed by atoms with van der Waals surface area (Å²) in [7, 11) is 0. The number of para-hydroxylation sites is 1. The van der Waals surface area contributed by atoms with Gasteiger partial charge in [-0.15, -0.1) is 0 Å². The van der Waals surface area contributed by atoms with E-state index in [-0.39, 0.29) is 5.91 Å². The number of nitrogens with zero attached hydrogens (tertiary/aromatic N) is 5. The Labute approximate surface area is 139 Å². The van der Waals surface area contributed by atoms with E-state index in [9.17, 15) is 4.79 Å². The number of benzene rings is 1. The Balaban J connectivity index is 1.52. The van der Waals surface area contributed by atoms with E-state index in [1.807, 2.05) is 41.3 Å². The number of carbonyl (C=O) groups is 1. The summed E-state index contributed by atoms with van der Waals surface area (Å²) < 4.78 is 0. The first-order valence-electron chi connectivity index (χ1n) is 7.98. The zero-order chi connectivity index (χ0) is 16.4. The summed E-state index contributed by atoms with van der Waals surface area (Å²) >= 11 is 0. The highest BCUT2D eigenvalue weighted by Gasteiger charge is 2.24. The van der Waals surface area contributed by atoms with Crippen LogP contribution in [0.1, 0.15) is 10.4 Å². The quantitative estimate of drug-likeness (QED) is 0.723. The van der Waals surface area contributed by atoms with Crippen molar-refractivity contribution in [1.29, 1.82) is 0 Å². The molecule has 3 heterocycles. The van der Waals surface area contributed by atoms with Crippen molar-refractivity contribution in [2.75, 3.05) is 31.1 Å². The molecule has 24 heavy (non-hydrogen) atoms. The number of aromatic nitrogens is 3. The molecule has 0 spiro atoms. The Morgan fingerprint density at radius 2 is 1.67 bits per heavy atom. The number of piperazine rings is 1. The van der Waals surface area contributed by atoms with Gasteiger partial charge in [-0.1, -0.05) is 12.1 Å².